The molecule has 0 atom stereocenters. The molecule has 2 aromatic rings. The third-order valence-electron chi connectivity index (χ3n) is 2.01. The molecule has 0 N–H and O–H groups in total. The zero-order chi connectivity index (χ0) is 11.5. The smallest absolute Gasteiger partial charge is 0.181 e. The molecule has 0 amide bonds. The summed E-state index contributed by atoms with van der Waals surface area (Å²) in [6.07, 6.45) is 0. The molecule has 6 heteroatoms. The minimum atomic E-state index is -0.0751. The van der Waals surface area contributed by atoms with Gasteiger partial charge in [-0.25, -0.2) is 0 Å². The van der Waals surface area contributed by atoms with E-state index in [0.717, 1.165) is 5.52 Å². The van der Waals surface area contributed by atoms with Crippen LogP contribution in [0, 0.1) is 0 Å². The molecule has 0 aliphatic carbocycles. The Morgan fingerprint density at radius 2 is 2.19 bits per heavy atom. The normalized spacial score (nSPS) is 10.9. The van der Waals surface area contributed by atoms with Gasteiger partial charge in [0, 0.05) is 12.1 Å². The highest BCUT2D eigenvalue weighted by Crippen LogP contribution is 2.15. The lowest BCUT2D eigenvalue weighted by Gasteiger charge is -1.97. The van der Waals surface area contributed by atoms with E-state index >= 15 is 0 Å². The molecule has 2 rings (SSSR count). The van der Waals surface area contributed by atoms with Crippen LogP contribution in [0.25, 0.3) is 11.0 Å². The molecule has 0 bridgehead atoms. The molecule has 0 saturated heterocycles. The summed E-state index contributed by atoms with van der Waals surface area (Å²) < 4.78 is 4.73. The van der Waals surface area contributed by atoms with Gasteiger partial charge in [-0.3, -0.25) is 4.79 Å². The predicted molar refractivity (Wildman–Crippen MR) is 59.4 cm³/mol. The molecule has 0 saturated carbocycles. The maximum absolute atomic E-state index is 11.3. The van der Waals surface area contributed by atoms with Crippen LogP contribution < -0.4 is 0 Å². The first-order valence-corrected chi connectivity index (χ1v) is 5.08. The molecule has 1 heterocycles. The summed E-state index contributed by atoms with van der Waals surface area (Å²) in [6, 6.07) is 5.21. The monoisotopic (exact) mass is 239 g/mol. The van der Waals surface area contributed by atoms with Crippen LogP contribution in [0.2, 0.25) is 5.02 Å². The zero-order valence-corrected chi connectivity index (χ0v) is 9.44. The third-order valence-corrected chi connectivity index (χ3v) is 2.24. The molecule has 5 nitrogen and oxygen atoms in total. The number of benzene rings is 1. The maximum Gasteiger partial charge on any atom is 0.181 e. The average molecular weight is 240 g/mol. The molecule has 16 heavy (non-hydrogen) atoms. The van der Waals surface area contributed by atoms with Crippen LogP contribution >= 0.6 is 11.6 Å². The lowest BCUT2D eigenvalue weighted by Crippen LogP contribution is -2.16. The van der Waals surface area contributed by atoms with E-state index in [1.807, 2.05) is 0 Å². The average Bonchev–Trinajstić information content (AvgIpc) is 2.59. The van der Waals surface area contributed by atoms with Gasteiger partial charge in [-0.05, 0) is 18.2 Å². The number of fused-ring (bicyclic) bond motifs is 1. The van der Waals surface area contributed by atoms with E-state index in [2.05, 4.69) is 10.2 Å². The van der Waals surface area contributed by atoms with Crippen LogP contribution in [0.15, 0.2) is 18.2 Å². The van der Waals surface area contributed by atoms with E-state index in [9.17, 15) is 4.79 Å². The second-order valence-corrected chi connectivity index (χ2v) is 3.77. The first-order chi connectivity index (χ1) is 7.69. The van der Waals surface area contributed by atoms with Gasteiger partial charge in [0.1, 0.15) is 24.2 Å². The highest BCUT2D eigenvalue weighted by atomic mass is 35.5. The number of carbonyl (C=O) groups excluding carboxylic acids is 1. The Labute approximate surface area is 96.9 Å². The van der Waals surface area contributed by atoms with E-state index in [-0.39, 0.29) is 18.9 Å². The second kappa shape index (κ2) is 4.59. The van der Waals surface area contributed by atoms with Crippen molar-refractivity contribution in [2.24, 2.45) is 0 Å². The molecule has 0 radical (unpaired) electrons. The number of hydrogen-bond acceptors (Lipinski definition) is 4. The number of methoxy groups -OCH3 is 1. The zero-order valence-electron chi connectivity index (χ0n) is 8.68. The minimum absolute atomic E-state index is 0.0681. The quantitative estimate of drug-likeness (QED) is 0.807. The van der Waals surface area contributed by atoms with Gasteiger partial charge in [0.15, 0.2) is 5.78 Å². The first-order valence-electron chi connectivity index (χ1n) is 4.70. The summed E-state index contributed by atoms with van der Waals surface area (Å²) >= 11 is 5.82. The van der Waals surface area contributed by atoms with E-state index in [4.69, 9.17) is 16.3 Å². The Hall–Kier alpha value is -1.46. The van der Waals surface area contributed by atoms with Crippen molar-refractivity contribution in [3.05, 3.63) is 23.2 Å². The number of carbonyl (C=O) groups is 1. The summed E-state index contributed by atoms with van der Waals surface area (Å²) in [4.78, 5) is 12.7. The number of ether oxygens (including phenoxy) is 1. The number of aromatic nitrogens is 3. The molecule has 1 aromatic carbocycles. The Balaban J connectivity index is 2.23. The van der Waals surface area contributed by atoms with E-state index < -0.39 is 0 Å². The van der Waals surface area contributed by atoms with Gasteiger partial charge in [-0.15, -0.1) is 0 Å². The summed E-state index contributed by atoms with van der Waals surface area (Å²) in [7, 11) is 1.48. The van der Waals surface area contributed by atoms with Crippen LogP contribution in [0.5, 0.6) is 0 Å². The van der Waals surface area contributed by atoms with Gasteiger partial charge in [0.2, 0.25) is 0 Å². The Bertz CT molecular complexity index is 524. The van der Waals surface area contributed by atoms with Crippen molar-refractivity contribution in [3.8, 4) is 0 Å². The summed E-state index contributed by atoms with van der Waals surface area (Å²) in [5.41, 5.74) is 1.40. The lowest BCUT2D eigenvalue weighted by molar-refractivity contribution is -0.123. The van der Waals surface area contributed by atoms with Gasteiger partial charge in [-0.1, -0.05) is 11.6 Å². The Kier molecular flexibility index (Phi) is 3.17. The van der Waals surface area contributed by atoms with Crippen molar-refractivity contribution in [1.29, 1.82) is 0 Å². The molecule has 0 unspecified atom stereocenters. The van der Waals surface area contributed by atoms with Crippen LogP contribution in [0.3, 0.4) is 0 Å². The summed E-state index contributed by atoms with van der Waals surface area (Å²) in [5.74, 6) is -0.0751. The largest absolute Gasteiger partial charge is 0.377 e. The summed E-state index contributed by atoms with van der Waals surface area (Å²) in [5, 5.41) is 8.89. The molecule has 0 aliphatic rings. The van der Waals surface area contributed by atoms with Crippen LogP contribution in [-0.4, -0.2) is 34.5 Å². The van der Waals surface area contributed by atoms with E-state index in [0.29, 0.717) is 10.5 Å². The maximum atomic E-state index is 11.3. The molecule has 0 spiro atoms. The highest BCUT2D eigenvalue weighted by Gasteiger charge is 2.07. The third kappa shape index (κ3) is 2.37. The van der Waals surface area contributed by atoms with Crippen molar-refractivity contribution in [3.63, 3.8) is 0 Å². The second-order valence-electron chi connectivity index (χ2n) is 3.34. The lowest BCUT2D eigenvalue weighted by atomic mass is 10.3. The topological polar surface area (TPSA) is 57.0 Å². The fourth-order valence-electron chi connectivity index (χ4n) is 1.37. The highest BCUT2D eigenvalue weighted by molar-refractivity contribution is 6.31. The van der Waals surface area contributed by atoms with E-state index in [1.54, 1.807) is 18.2 Å². The van der Waals surface area contributed by atoms with Gasteiger partial charge in [0.05, 0.1) is 0 Å². The number of halogens is 1. The van der Waals surface area contributed by atoms with Crippen molar-refractivity contribution in [2.75, 3.05) is 13.7 Å². The van der Waals surface area contributed by atoms with Crippen LogP contribution in [-0.2, 0) is 16.1 Å². The van der Waals surface area contributed by atoms with E-state index in [1.165, 1.54) is 11.9 Å². The molecular formula is C10H10ClN3O2. The van der Waals surface area contributed by atoms with Crippen LogP contribution in [0.4, 0.5) is 0 Å². The van der Waals surface area contributed by atoms with Crippen LogP contribution in [0.1, 0.15) is 0 Å². The number of rotatable bonds is 4. The van der Waals surface area contributed by atoms with Gasteiger partial charge in [-0.2, -0.15) is 15.0 Å². The minimum Gasteiger partial charge on any atom is -0.377 e. The fourth-order valence-corrected chi connectivity index (χ4v) is 1.53. The van der Waals surface area contributed by atoms with Crippen molar-refractivity contribution in [2.45, 2.75) is 6.54 Å². The van der Waals surface area contributed by atoms with Gasteiger partial charge >= 0.3 is 0 Å². The standard InChI is InChI=1S/C10H10ClN3O2/c1-16-6-8(15)5-14-12-9-3-2-7(11)4-10(9)13-14/h2-4H,5-6H2,1H3. The fraction of sp³-hybridized carbons (Fsp3) is 0.300. The molecule has 0 aliphatic heterocycles. The number of Topliss-reactive ketones (excluding diaryl/α,β-unsaturated/α-hetero) is 1. The van der Waals surface area contributed by atoms with Gasteiger partial charge < -0.3 is 4.74 Å². The SMILES string of the molecule is COCC(=O)Cn1nc2ccc(Cl)cc2n1. The molecule has 1 aromatic heterocycles. The van der Waals surface area contributed by atoms with Crippen molar-refractivity contribution in [1.82, 2.24) is 15.0 Å². The van der Waals surface area contributed by atoms with Crippen molar-refractivity contribution < 1.29 is 9.53 Å². The molecule has 0 fully saturated rings. The summed E-state index contributed by atoms with van der Waals surface area (Å²) in [6.45, 7) is 0.179. The Morgan fingerprint density at radius 3 is 2.94 bits per heavy atom. The van der Waals surface area contributed by atoms with Crippen molar-refractivity contribution >= 4 is 28.4 Å². The van der Waals surface area contributed by atoms with Gasteiger partial charge in [0.25, 0.3) is 0 Å². The number of nitrogens with zero attached hydrogens (tertiary/aromatic N) is 3. The Morgan fingerprint density at radius 1 is 1.44 bits per heavy atom. The number of hydrogen-bond donors (Lipinski definition) is 0. The molecular weight excluding hydrogens is 230 g/mol. The first kappa shape index (κ1) is 11.0. The molecule has 84 valence electrons. The predicted octanol–water partition coefficient (Wildman–Crippen LogP) is 1.30. The number of ketones is 1.